The Labute approximate surface area is 154 Å². The summed E-state index contributed by atoms with van der Waals surface area (Å²) in [6.45, 7) is 1.67. The van der Waals surface area contributed by atoms with Crippen molar-refractivity contribution in [3.05, 3.63) is 53.9 Å². The first kappa shape index (κ1) is 18.8. The minimum absolute atomic E-state index is 0.124. The zero-order valence-electron chi connectivity index (χ0n) is 14.3. The summed E-state index contributed by atoms with van der Waals surface area (Å²) in [7, 11) is -3.60. The van der Waals surface area contributed by atoms with Crippen molar-refractivity contribution in [2.45, 2.75) is 19.1 Å². The number of halogens is 1. The summed E-state index contributed by atoms with van der Waals surface area (Å²) < 4.78 is 47.7. The summed E-state index contributed by atoms with van der Waals surface area (Å²) in [5, 5.41) is 6.05. The number of rotatable bonds is 7. The van der Waals surface area contributed by atoms with Crippen LogP contribution in [-0.2, 0) is 20.4 Å². The van der Waals surface area contributed by atoms with Crippen molar-refractivity contribution >= 4 is 21.6 Å². The summed E-state index contributed by atoms with van der Waals surface area (Å²) in [4.78, 5) is 15.9. The molecule has 0 aliphatic rings. The number of benzene rings is 1. The minimum atomic E-state index is -3.60. The lowest BCUT2D eigenvalue weighted by Crippen LogP contribution is -2.18. The lowest BCUT2D eigenvalue weighted by Gasteiger charge is -2.02. The first-order valence-electron chi connectivity index (χ1n) is 7.95. The van der Waals surface area contributed by atoms with Crippen LogP contribution in [0.15, 0.2) is 45.5 Å². The molecule has 10 heteroatoms. The van der Waals surface area contributed by atoms with Gasteiger partial charge in [-0.3, -0.25) is 4.79 Å². The van der Waals surface area contributed by atoms with Crippen LogP contribution in [0.3, 0.4) is 0 Å². The fourth-order valence-electron chi connectivity index (χ4n) is 2.30. The molecule has 2 aromatic heterocycles. The number of sulfone groups is 1. The van der Waals surface area contributed by atoms with Crippen LogP contribution in [0.5, 0.6) is 0 Å². The molecule has 1 aromatic carbocycles. The SMILES string of the molecule is Cc1cc(NC(=O)CCS(=O)(=O)Cc2coc(-c3cccc(F)c3)n2)no1. The van der Waals surface area contributed by atoms with Crippen molar-refractivity contribution < 1.29 is 26.5 Å². The number of carbonyl (C=O) groups is 1. The number of aryl methyl sites for hydroxylation is 1. The number of hydrogen-bond donors (Lipinski definition) is 1. The fourth-order valence-corrected chi connectivity index (χ4v) is 3.53. The molecule has 1 amide bonds. The Morgan fingerprint density at radius 3 is 2.81 bits per heavy atom. The monoisotopic (exact) mass is 393 g/mol. The quantitative estimate of drug-likeness (QED) is 0.656. The van der Waals surface area contributed by atoms with Gasteiger partial charge >= 0.3 is 0 Å². The highest BCUT2D eigenvalue weighted by Crippen LogP contribution is 2.20. The highest BCUT2D eigenvalue weighted by Gasteiger charge is 2.18. The normalized spacial score (nSPS) is 11.5. The standard InChI is InChI=1S/C17H16FN3O5S/c1-11-7-15(21-26-11)20-16(22)5-6-27(23,24)10-14-9-25-17(19-14)12-3-2-4-13(18)8-12/h2-4,7-9H,5-6,10H2,1H3,(H,20,21,22). The highest BCUT2D eigenvalue weighted by molar-refractivity contribution is 7.90. The van der Waals surface area contributed by atoms with Gasteiger partial charge in [0, 0.05) is 18.1 Å². The largest absolute Gasteiger partial charge is 0.444 e. The third-order valence-corrected chi connectivity index (χ3v) is 5.09. The van der Waals surface area contributed by atoms with Crippen LogP contribution in [0.25, 0.3) is 11.5 Å². The van der Waals surface area contributed by atoms with E-state index >= 15 is 0 Å². The molecule has 0 aliphatic heterocycles. The predicted molar refractivity (Wildman–Crippen MR) is 93.9 cm³/mol. The van der Waals surface area contributed by atoms with Crippen molar-refractivity contribution in [3.63, 3.8) is 0 Å². The molecule has 8 nitrogen and oxygen atoms in total. The third kappa shape index (κ3) is 5.23. The Kier molecular flexibility index (Phi) is 5.36. The Bertz CT molecular complexity index is 1060. The second-order valence-corrected chi connectivity index (χ2v) is 8.05. The summed E-state index contributed by atoms with van der Waals surface area (Å²) in [6, 6.07) is 7.14. The highest BCUT2D eigenvalue weighted by atomic mass is 32.2. The maximum atomic E-state index is 13.3. The van der Waals surface area contributed by atoms with Crippen LogP contribution in [-0.4, -0.2) is 30.2 Å². The number of nitrogens with zero attached hydrogens (tertiary/aromatic N) is 2. The number of hydrogen-bond acceptors (Lipinski definition) is 7. The maximum Gasteiger partial charge on any atom is 0.226 e. The molecule has 27 heavy (non-hydrogen) atoms. The van der Waals surface area contributed by atoms with E-state index in [4.69, 9.17) is 8.94 Å². The molecular formula is C17H16FN3O5S. The molecule has 142 valence electrons. The average Bonchev–Trinajstić information content (AvgIpc) is 3.22. The van der Waals surface area contributed by atoms with Gasteiger partial charge in [-0.05, 0) is 25.1 Å². The Morgan fingerprint density at radius 2 is 2.11 bits per heavy atom. The van der Waals surface area contributed by atoms with Gasteiger partial charge in [-0.2, -0.15) is 0 Å². The van der Waals surface area contributed by atoms with Crippen LogP contribution in [0.2, 0.25) is 0 Å². The molecule has 3 aromatic rings. The zero-order valence-corrected chi connectivity index (χ0v) is 15.1. The van der Waals surface area contributed by atoms with Gasteiger partial charge in [0.15, 0.2) is 15.7 Å². The average molecular weight is 393 g/mol. The molecule has 0 atom stereocenters. The molecule has 0 unspecified atom stereocenters. The second kappa shape index (κ2) is 7.70. The van der Waals surface area contributed by atoms with E-state index in [1.807, 2.05) is 0 Å². The molecule has 0 saturated carbocycles. The van der Waals surface area contributed by atoms with Crippen molar-refractivity contribution in [1.82, 2.24) is 10.1 Å². The molecule has 2 heterocycles. The van der Waals surface area contributed by atoms with Gasteiger partial charge in [0.2, 0.25) is 11.8 Å². The molecule has 0 radical (unpaired) electrons. The topological polar surface area (TPSA) is 115 Å². The van der Waals surface area contributed by atoms with E-state index in [-0.39, 0.29) is 35.3 Å². The van der Waals surface area contributed by atoms with E-state index < -0.39 is 21.6 Å². The van der Waals surface area contributed by atoms with Gasteiger partial charge in [-0.1, -0.05) is 11.2 Å². The van der Waals surface area contributed by atoms with E-state index in [0.29, 0.717) is 11.3 Å². The molecular weight excluding hydrogens is 377 g/mol. The Balaban J connectivity index is 1.57. The number of oxazole rings is 1. The summed E-state index contributed by atoms with van der Waals surface area (Å²) in [5.41, 5.74) is 0.586. The molecule has 0 bridgehead atoms. The van der Waals surface area contributed by atoms with Crippen LogP contribution in [0, 0.1) is 12.7 Å². The Morgan fingerprint density at radius 1 is 1.30 bits per heavy atom. The van der Waals surface area contributed by atoms with E-state index in [0.717, 1.165) is 0 Å². The maximum absolute atomic E-state index is 13.3. The van der Waals surface area contributed by atoms with Crippen LogP contribution < -0.4 is 5.32 Å². The molecule has 1 N–H and O–H groups in total. The van der Waals surface area contributed by atoms with Crippen LogP contribution in [0.4, 0.5) is 10.2 Å². The number of nitrogens with one attached hydrogen (secondary N) is 1. The van der Waals surface area contributed by atoms with Crippen LogP contribution >= 0.6 is 0 Å². The van der Waals surface area contributed by atoms with Gasteiger partial charge in [0.1, 0.15) is 17.8 Å². The van der Waals surface area contributed by atoms with Gasteiger partial charge in [0.05, 0.1) is 17.2 Å². The fraction of sp³-hybridized carbons (Fsp3) is 0.235. The number of aromatic nitrogens is 2. The van der Waals surface area contributed by atoms with Gasteiger partial charge in [0.25, 0.3) is 0 Å². The van der Waals surface area contributed by atoms with Gasteiger partial charge in [-0.15, -0.1) is 0 Å². The first-order chi connectivity index (χ1) is 12.8. The Hall–Kier alpha value is -3.01. The predicted octanol–water partition coefficient (Wildman–Crippen LogP) is 2.72. The third-order valence-electron chi connectivity index (χ3n) is 3.53. The lowest BCUT2D eigenvalue weighted by atomic mass is 10.2. The molecule has 0 aliphatic carbocycles. The molecule has 0 saturated heterocycles. The van der Waals surface area contributed by atoms with E-state index in [2.05, 4.69) is 15.5 Å². The number of anilines is 1. The molecule has 3 rings (SSSR count). The summed E-state index contributed by atoms with van der Waals surface area (Å²) >= 11 is 0. The zero-order chi connectivity index (χ0) is 19.4. The smallest absolute Gasteiger partial charge is 0.226 e. The van der Waals surface area contributed by atoms with Crippen molar-refractivity contribution in [3.8, 4) is 11.5 Å². The van der Waals surface area contributed by atoms with Gasteiger partial charge < -0.3 is 14.3 Å². The second-order valence-electron chi connectivity index (χ2n) is 5.87. The minimum Gasteiger partial charge on any atom is -0.444 e. The van der Waals surface area contributed by atoms with Crippen LogP contribution in [0.1, 0.15) is 17.9 Å². The summed E-state index contributed by atoms with van der Waals surface area (Å²) in [5.74, 6) is -0.816. The van der Waals surface area contributed by atoms with Gasteiger partial charge in [-0.25, -0.2) is 17.8 Å². The molecule has 0 fully saturated rings. The van der Waals surface area contributed by atoms with E-state index in [1.54, 1.807) is 13.0 Å². The van der Waals surface area contributed by atoms with Crippen molar-refractivity contribution in [2.24, 2.45) is 0 Å². The number of carbonyl (C=O) groups excluding carboxylic acids is 1. The molecule has 0 spiro atoms. The van der Waals surface area contributed by atoms with E-state index in [1.165, 1.54) is 30.5 Å². The van der Waals surface area contributed by atoms with Crippen molar-refractivity contribution in [2.75, 3.05) is 11.1 Å². The first-order valence-corrected chi connectivity index (χ1v) is 9.77. The van der Waals surface area contributed by atoms with E-state index in [9.17, 15) is 17.6 Å². The van der Waals surface area contributed by atoms with Crippen molar-refractivity contribution in [1.29, 1.82) is 0 Å². The number of amides is 1. The lowest BCUT2D eigenvalue weighted by molar-refractivity contribution is -0.115. The summed E-state index contributed by atoms with van der Waals surface area (Å²) in [6.07, 6.45) is 0.971.